The molecule has 0 saturated carbocycles. The van der Waals surface area contributed by atoms with Crippen LogP contribution in [0.1, 0.15) is 26.7 Å². The van der Waals surface area contributed by atoms with E-state index < -0.39 is 0 Å². The Morgan fingerprint density at radius 3 is 2.13 bits per heavy atom. The molecule has 0 aromatic rings. The Labute approximate surface area is 93.1 Å². The highest BCUT2D eigenvalue weighted by Crippen LogP contribution is 2.24. The van der Waals surface area contributed by atoms with Crippen LogP contribution in [0.5, 0.6) is 0 Å². The minimum atomic E-state index is -0.122. The third-order valence-corrected chi connectivity index (χ3v) is 4.25. The van der Waals surface area contributed by atoms with Gasteiger partial charge in [-0.25, -0.2) is 0 Å². The van der Waals surface area contributed by atoms with E-state index in [0.29, 0.717) is 12.0 Å². The summed E-state index contributed by atoms with van der Waals surface area (Å²) < 4.78 is 0. The zero-order chi connectivity index (χ0) is 10.8. The number of hydrogen-bond donors (Lipinski definition) is 1. The van der Waals surface area contributed by atoms with Crippen LogP contribution in [0, 0.1) is 5.92 Å². The number of rotatable bonds is 4. The minimum absolute atomic E-state index is 0.122. The Kier molecular flexibility index (Phi) is 3.65. The molecule has 3 saturated heterocycles. The monoisotopic (exact) mass is 212 g/mol. The third-order valence-electron chi connectivity index (χ3n) is 4.25. The van der Waals surface area contributed by atoms with E-state index in [0.717, 1.165) is 32.5 Å². The van der Waals surface area contributed by atoms with Gasteiger partial charge in [-0.1, -0.05) is 26.7 Å². The summed E-state index contributed by atoms with van der Waals surface area (Å²) in [5.74, 6) is 0.482. The first kappa shape index (κ1) is 11.4. The van der Waals surface area contributed by atoms with Gasteiger partial charge in [0.05, 0.1) is 6.10 Å². The van der Waals surface area contributed by atoms with Gasteiger partial charge in [-0.3, -0.25) is 9.80 Å². The van der Waals surface area contributed by atoms with E-state index in [4.69, 9.17) is 0 Å². The van der Waals surface area contributed by atoms with E-state index in [1.165, 1.54) is 13.1 Å². The molecule has 3 rings (SSSR count). The summed E-state index contributed by atoms with van der Waals surface area (Å²) >= 11 is 0. The summed E-state index contributed by atoms with van der Waals surface area (Å²) in [4.78, 5) is 4.99. The molecule has 3 fully saturated rings. The molecule has 0 amide bonds. The quantitative estimate of drug-likeness (QED) is 0.746. The molecule has 3 aliphatic rings. The number of nitrogens with zero attached hydrogens (tertiary/aromatic N) is 2. The van der Waals surface area contributed by atoms with Crippen molar-refractivity contribution in [3.63, 3.8) is 0 Å². The summed E-state index contributed by atoms with van der Waals surface area (Å²) in [6.45, 7) is 10.2. The highest BCUT2D eigenvalue weighted by atomic mass is 16.3. The van der Waals surface area contributed by atoms with Gasteiger partial charge in [-0.15, -0.1) is 0 Å². The van der Waals surface area contributed by atoms with Crippen LogP contribution in [0.25, 0.3) is 0 Å². The van der Waals surface area contributed by atoms with Crippen molar-refractivity contribution in [2.24, 2.45) is 5.92 Å². The lowest BCUT2D eigenvalue weighted by molar-refractivity contribution is -0.0659. The smallest absolute Gasteiger partial charge is 0.0735 e. The average Bonchev–Trinajstić information content (AvgIpc) is 2.32. The van der Waals surface area contributed by atoms with Crippen LogP contribution in [0.2, 0.25) is 0 Å². The van der Waals surface area contributed by atoms with Gasteiger partial charge in [0, 0.05) is 38.8 Å². The van der Waals surface area contributed by atoms with Crippen molar-refractivity contribution < 1.29 is 5.11 Å². The zero-order valence-corrected chi connectivity index (χ0v) is 10.0. The van der Waals surface area contributed by atoms with Crippen molar-refractivity contribution in [3.05, 3.63) is 0 Å². The van der Waals surface area contributed by atoms with E-state index in [-0.39, 0.29) is 6.10 Å². The van der Waals surface area contributed by atoms with Crippen LogP contribution >= 0.6 is 0 Å². The van der Waals surface area contributed by atoms with Gasteiger partial charge >= 0.3 is 0 Å². The zero-order valence-electron chi connectivity index (χ0n) is 10.0. The molecular formula is C12H24N2O. The average molecular weight is 212 g/mol. The van der Waals surface area contributed by atoms with Crippen LogP contribution in [0.15, 0.2) is 0 Å². The summed E-state index contributed by atoms with van der Waals surface area (Å²) in [7, 11) is 0. The van der Waals surface area contributed by atoms with Crippen LogP contribution in [-0.2, 0) is 0 Å². The predicted molar refractivity (Wildman–Crippen MR) is 61.9 cm³/mol. The summed E-state index contributed by atoms with van der Waals surface area (Å²) in [6, 6.07) is 0.400. The molecule has 0 aromatic carbocycles. The molecule has 2 atom stereocenters. The van der Waals surface area contributed by atoms with E-state index >= 15 is 0 Å². The van der Waals surface area contributed by atoms with Gasteiger partial charge in [0.25, 0.3) is 0 Å². The molecule has 88 valence electrons. The van der Waals surface area contributed by atoms with E-state index in [1.54, 1.807) is 0 Å². The first-order chi connectivity index (χ1) is 7.26. The molecule has 15 heavy (non-hydrogen) atoms. The minimum Gasteiger partial charge on any atom is -0.391 e. The molecule has 2 unspecified atom stereocenters. The number of hydrogen-bond acceptors (Lipinski definition) is 3. The SMILES string of the molecule is CCC(CC)C(O)C1CN2CCN1CC2. The summed E-state index contributed by atoms with van der Waals surface area (Å²) in [5.41, 5.74) is 0. The van der Waals surface area contributed by atoms with Gasteiger partial charge in [-0.05, 0) is 5.92 Å². The Morgan fingerprint density at radius 1 is 1.13 bits per heavy atom. The maximum atomic E-state index is 10.4. The second-order valence-corrected chi connectivity index (χ2v) is 4.97. The lowest BCUT2D eigenvalue weighted by Crippen LogP contribution is -2.65. The Bertz CT molecular complexity index is 198. The van der Waals surface area contributed by atoms with Gasteiger partial charge in [0.15, 0.2) is 0 Å². The van der Waals surface area contributed by atoms with Crippen LogP contribution in [0.4, 0.5) is 0 Å². The van der Waals surface area contributed by atoms with Crippen molar-refractivity contribution in [2.75, 3.05) is 32.7 Å². The molecule has 0 radical (unpaired) electrons. The molecular weight excluding hydrogens is 188 g/mol. The summed E-state index contributed by atoms with van der Waals surface area (Å²) in [5, 5.41) is 10.4. The van der Waals surface area contributed by atoms with E-state index in [9.17, 15) is 5.11 Å². The largest absolute Gasteiger partial charge is 0.391 e. The number of fused-ring (bicyclic) bond motifs is 3. The summed E-state index contributed by atoms with van der Waals surface area (Å²) in [6.07, 6.45) is 2.08. The standard InChI is InChI=1S/C12H24N2O/c1-3-10(4-2)12(15)11-9-13-5-7-14(11)8-6-13/h10-12,15H,3-9H2,1-2H3. The lowest BCUT2D eigenvalue weighted by Gasteiger charge is -2.50. The van der Waals surface area contributed by atoms with Crippen molar-refractivity contribution in [1.29, 1.82) is 0 Å². The molecule has 3 nitrogen and oxygen atoms in total. The first-order valence-electron chi connectivity index (χ1n) is 6.40. The van der Waals surface area contributed by atoms with E-state index in [2.05, 4.69) is 23.6 Å². The normalized spacial score (nSPS) is 37.2. The van der Waals surface area contributed by atoms with Gasteiger partial charge in [0.2, 0.25) is 0 Å². The van der Waals surface area contributed by atoms with Crippen molar-refractivity contribution in [3.8, 4) is 0 Å². The van der Waals surface area contributed by atoms with Gasteiger partial charge in [-0.2, -0.15) is 0 Å². The number of aliphatic hydroxyl groups is 1. The fourth-order valence-corrected chi connectivity index (χ4v) is 3.07. The second-order valence-electron chi connectivity index (χ2n) is 4.97. The van der Waals surface area contributed by atoms with Gasteiger partial charge in [0.1, 0.15) is 0 Å². The molecule has 0 aromatic heterocycles. The predicted octanol–water partition coefficient (Wildman–Crippen LogP) is 0.783. The molecule has 0 spiro atoms. The molecule has 3 heteroatoms. The van der Waals surface area contributed by atoms with Crippen molar-refractivity contribution in [2.45, 2.75) is 38.8 Å². The molecule has 3 heterocycles. The van der Waals surface area contributed by atoms with Crippen LogP contribution in [0.3, 0.4) is 0 Å². The Balaban J connectivity index is 1.97. The molecule has 3 aliphatic heterocycles. The Hall–Kier alpha value is -0.120. The van der Waals surface area contributed by atoms with Crippen molar-refractivity contribution >= 4 is 0 Å². The first-order valence-corrected chi connectivity index (χ1v) is 6.40. The Morgan fingerprint density at radius 2 is 1.73 bits per heavy atom. The highest BCUT2D eigenvalue weighted by molar-refractivity contribution is 4.93. The van der Waals surface area contributed by atoms with Crippen LogP contribution < -0.4 is 0 Å². The lowest BCUT2D eigenvalue weighted by atomic mass is 9.88. The maximum Gasteiger partial charge on any atom is 0.0735 e. The molecule has 1 N–H and O–H groups in total. The third kappa shape index (κ3) is 2.19. The fourth-order valence-electron chi connectivity index (χ4n) is 3.07. The highest BCUT2D eigenvalue weighted by Gasteiger charge is 2.37. The maximum absolute atomic E-state index is 10.4. The van der Waals surface area contributed by atoms with E-state index in [1.807, 2.05) is 0 Å². The molecule has 2 bridgehead atoms. The number of piperazine rings is 3. The molecule has 0 aliphatic carbocycles. The fraction of sp³-hybridized carbons (Fsp3) is 1.00. The van der Waals surface area contributed by atoms with Crippen molar-refractivity contribution in [1.82, 2.24) is 9.80 Å². The number of aliphatic hydroxyl groups excluding tert-OH is 1. The topological polar surface area (TPSA) is 26.7 Å². The second kappa shape index (κ2) is 4.81. The van der Waals surface area contributed by atoms with Gasteiger partial charge < -0.3 is 5.11 Å². The van der Waals surface area contributed by atoms with Crippen LogP contribution in [-0.4, -0.2) is 59.8 Å².